The van der Waals surface area contributed by atoms with Gasteiger partial charge in [0.15, 0.2) is 0 Å². The van der Waals surface area contributed by atoms with E-state index in [2.05, 4.69) is 22.5 Å². The Balaban J connectivity index is 0.00000180. The lowest BCUT2D eigenvalue weighted by atomic mass is 10.0. The Hall–Kier alpha value is -0.0300. The van der Waals surface area contributed by atoms with Crippen molar-refractivity contribution in [1.29, 1.82) is 0 Å². The number of rotatable bonds is 6. The molecule has 2 N–H and O–H groups in total. The summed E-state index contributed by atoms with van der Waals surface area (Å²) >= 11 is 0. The van der Waals surface area contributed by atoms with Crippen LogP contribution >= 0.6 is 24.8 Å². The first-order chi connectivity index (χ1) is 8.78. The molecule has 0 aromatic heterocycles. The van der Waals surface area contributed by atoms with Crippen molar-refractivity contribution in [1.82, 2.24) is 15.5 Å². The van der Waals surface area contributed by atoms with E-state index in [1.54, 1.807) is 0 Å². The lowest BCUT2D eigenvalue weighted by Gasteiger charge is -2.14. The molecule has 0 aromatic carbocycles. The molecule has 1 amide bonds. The molecule has 0 bridgehead atoms. The third kappa shape index (κ3) is 6.61. The lowest BCUT2D eigenvalue weighted by molar-refractivity contribution is -0.121. The average molecular weight is 326 g/mol. The average Bonchev–Trinajstić information content (AvgIpc) is 3.04. The van der Waals surface area contributed by atoms with Gasteiger partial charge >= 0.3 is 0 Å². The third-order valence-electron chi connectivity index (χ3n) is 4.35. The van der Waals surface area contributed by atoms with Gasteiger partial charge in [-0.25, -0.2) is 0 Å². The Morgan fingerprint density at radius 3 is 2.70 bits per heavy atom. The van der Waals surface area contributed by atoms with Crippen molar-refractivity contribution in [3.05, 3.63) is 0 Å². The van der Waals surface area contributed by atoms with Gasteiger partial charge < -0.3 is 15.5 Å². The zero-order valence-corrected chi connectivity index (χ0v) is 14.0. The molecule has 0 spiro atoms. The minimum Gasteiger partial charge on any atom is -0.356 e. The number of hydrogen-bond donors (Lipinski definition) is 2. The first-order valence-corrected chi connectivity index (χ1v) is 7.47. The molecular weight excluding hydrogens is 297 g/mol. The SMILES string of the molecule is CCN1CCC(CNC(=O)CCC2CCNC2)C1.Cl.Cl. The van der Waals surface area contributed by atoms with Crippen LogP contribution in [0.25, 0.3) is 0 Å². The molecule has 2 unspecified atom stereocenters. The number of amides is 1. The summed E-state index contributed by atoms with van der Waals surface area (Å²) in [5.74, 6) is 1.64. The highest BCUT2D eigenvalue weighted by Crippen LogP contribution is 2.16. The molecule has 0 aliphatic carbocycles. The van der Waals surface area contributed by atoms with Crippen LogP contribution in [0.1, 0.15) is 32.6 Å². The standard InChI is InChI=1S/C14H27N3O.2ClH/c1-2-17-8-6-13(11-17)10-16-14(18)4-3-12-5-7-15-9-12;;/h12-13,15H,2-11H2,1H3,(H,16,18);2*1H. The number of carbonyl (C=O) groups is 1. The predicted molar refractivity (Wildman–Crippen MR) is 87.9 cm³/mol. The first-order valence-electron chi connectivity index (χ1n) is 7.47. The molecule has 2 atom stereocenters. The number of halogens is 2. The van der Waals surface area contributed by atoms with Crippen LogP contribution in [0.4, 0.5) is 0 Å². The van der Waals surface area contributed by atoms with E-state index in [0.717, 1.165) is 45.1 Å². The molecule has 0 radical (unpaired) electrons. The van der Waals surface area contributed by atoms with Crippen molar-refractivity contribution < 1.29 is 4.79 Å². The fourth-order valence-corrected chi connectivity index (χ4v) is 3.01. The van der Waals surface area contributed by atoms with Gasteiger partial charge in [0.1, 0.15) is 0 Å². The molecule has 4 nitrogen and oxygen atoms in total. The van der Waals surface area contributed by atoms with Crippen molar-refractivity contribution in [2.45, 2.75) is 32.6 Å². The second kappa shape index (κ2) is 10.7. The van der Waals surface area contributed by atoms with E-state index < -0.39 is 0 Å². The van der Waals surface area contributed by atoms with Gasteiger partial charge in [0, 0.05) is 19.5 Å². The molecule has 2 saturated heterocycles. The van der Waals surface area contributed by atoms with E-state index in [1.807, 2.05) is 0 Å². The molecule has 2 fully saturated rings. The largest absolute Gasteiger partial charge is 0.356 e. The van der Waals surface area contributed by atoms with Crippen LogP contribution in [0.5, 0.6) is 0 Å². The molecule has 120 valence electrons. The second-order valence-electron chi connectivity index (χ2n) is 5.75. The van der Waals surface area contributed by atoms with Crippen molar-refractivity contribution in [3.63, 3.8) is 0 Å². The monoisotopic (exact) mass is 325 g/mol. The van der Waals surface area contributed by atoms with Crippen LogP contribution in [0, 0.1) is 11.8 Å². The molecule has 0 aromatic rings. The number of hydrogen-bond acceptors (Lipinski definition) is 3. The van der Waals surface area contributed by atoms with E-state index in [1.165, 1.54) is 19.4 Å². The van der Waals surface area contributed by atoms with Crippen molar-refractivity contribution in [3.8, 4) is 0 Å². The van der Waals surface area contributed by atoms with Gasteiger partial charge in [-0.2, -0.15) is 0 Å². The minimum absolute atomic E-state index is 0. The van der Waals surface area contributed by atoms with E-state index in [0.29, 0.717) is 12.3 Å². The summed E-state index contributed by atoms with van der Waals surface area (Å²) in [6.45, 7) is 8.80. The van der Waals surface area contributed by atoms with Crippen LogP contribution in [-0.2, 0) is 4.79 Å². The Morgan fingerprint density at radius 1 is 1.30 bits per heavy atom. The Labute approximate surface area is 135 Å². The number of carbonyl (C=O) groups excluding carboxylic acids is 1. The molecule has 2 aliphatic rings. The molecule has 20 heavy (non-hydrogen) atoms. The number of likely N-dealkylation sites (tertiary alicyclic amines) is 1. The van der Waals surface area contributed by atoms with Gasteiger partial charge in [-0.05, 0) is 57.3 Å². The molecule has 6 heteroatoms. The van der Waals surface area contributed by atoms with Gasteiger partial charge in [-0.1, -0.05) is 6.92 Å². The van der Waals surface area contributed by atoms with Crippen molar-refractivity contribution in [2.75, 3.05) is 39.3 Å². The fourth-order valence-electron chi connectivity index (χ4n) is 3.01. The molecule has 2 heterocycles. The van der Waals surface area contributed by atoms with Crippen LogP contribution in [0.15, 0.2) is 0 Å². The van der Waals surface area contributed by atoms with E-state index in [9.17, 15) is 4.79 Å². The summed E-state index contributed by atoms with van der Waals surface area (Å²) in [6, 6.07) is 0. The zero-order valence-electron chi connectivity index (χ0n) is 12.4. The summed E-state index contributed by atoms with van der Waals surface area (Å²) in [5.41, 5.74) is 0. The maximum atomic E-state index is 11.8. The number of nitrogens with zero attached hydrogens (tertiary/aromatic N) is 1. The summed E-state index contributed by atoms with van der Waals surface area (Å²) < 4.78 is 0. The van der Waals surface area contributed by atoms with Gasteiger partial charge in [0.25, 0.3) is 0 Å². The maximum absolute atomic E-state index is 11.8. The smallest absolute Gasteiger partial charge is 0.220 e. The molecule has 2 aliphatic heterocycles. The van der Waals surface area contributed by atoms with Gasteiger partial charge in [0.05, 0.1) is 0 Å². The van der Waals surface area contributed by atoms with Gasteiger partial charge in [-0.15, -0.1) is 24.8 Å². The van der Waals surface area contributed by atoms with Crippen LogP contribution in [-0.4, -0.2) is 50.1 Å². The topological polar surface area (TPSA) is 44.4 Å². The third-order valence-corrected chi connectivity index (χ3v) is 4.35. The molecule has 0 saturated carbocycles. The van der Waals surface area contributed by atoms with Crippen molar-refractivity contribution >= 4 is 30.7 Å². The Bertz CT molecular complexity index is 273. The summed E-state index contributed by atoms with van der Waals surface area (Å²) in [4.78, 5) is 14.2. The lowest BCUT2D eigenvalue weighted by Crippen LogP contribution is -2.31. The van der Waals surface area contributed by atoms with E-state index >= 15 is 0 Å². The van der Waals surface area contributed by atoms with E-state index in [-0.39, 0.29) is 30.7 Å². The van der Waals surface area contributed by atoms with E-state index in [4.69, 9.17) is 0 Å². The minimum atomic E-state index is 0. The highest BCUT2D eigenvalue weighted by molar-refractivity contribution is 5.85. The Kier molecular flexibility index (Phi) is 10.6. The zero-order chi connectivity index (χ0) is 12.8. The fraction of sp³-hybridized carbons (Fsp3) is 0.929. The quantitative estimate of drug-likeness (QED) is 0.781. The van der Waals surface area contributed by atoms with Crippen LogP contribution < -0.4 is 10.6 Å². The van der Waals surface area contributed by atoms with Gasteiger partial charge in [0.2, 0.25) is 5.91 Å². The summed E-state index contributed by atoms with van der Waals surface area (Å²) in [5, 5.41) is 6.45. The van der Waals surface area contributed by atoms with Crippen LogP contribution in [0.3, 0.4) is 0 Å². The maximum Gasteiger partial charge on any atom is 0.220 e. The first kappa shape index (κ1) is 20.0. The highest BCUT2D eigenvalue weighted by Gasteiger charge is 2.21. The van der Waals surface area contributed by atoms with Crippen molar-refractivity contribution in [2.24, 2.45) is 11.8 Å². The Morgan fingerprint density at radius 2 is 2.10 bits per heavy atom. The number of nitrogens with one attached hydrogen (secondary N) is 2. The predicted octanol–water partition coefficient (Wildman–Crippen LogP) is 1.68. The normalized spacial score (nSPS) is 25.9. The molecule has 2 rings (SSSR count). The highest BCUT2D eigenvalue weighted by atomic mass is 35.5. The second-order valence-corrected chi connectivity index (χ2v) is 5.75. The molecular formula is C14H29Cl2N3O. The van der Waals surface area contributed by atoms with Gasteiger partial charge in [-0.3, -0.25) is 4.79 Å². The summed E-state index contributed by atoms with van der Waals surface area (Å²) in [6.07, 6.45) is 4.23. The van der Waals surface area contributed by atoms with Crippen LogP contribution in [0.2, 0.25) is 0 Å². The summed E-state index contributed by atoms with van der Waals surface area (Å²) in [7, 11) is 0.